The number of aromatic hydroxyl groups is 1. The molecule has 2 atom stereocenters. The van der Waals surface area contributed by atoms with E-state index in [9.17, 15) is 20.0 Å². The normalized spacial score (nSPS) is 12.8. The number of carbonyl (C=O) groups is 1. The fraction of sp³-hybridized carbons (Fsp3) is 0.280. The summed E-state index contributed by atoms with van der Waals surface area (Å²) >= 11 is 0. The summed E-state index contributed by atoms with van der Waals surface area (Å²) in [5.74, 6) is -3.89. The monoisotopic (exact) mass is 505 g/mol. The van der Waals surface area contributed by atoms with E-state index in [1.807, 2.05) is 13.8 Å². The van der Waals surface area contributed by atoms with Crippen molar-refractivity contribution in [3.63, 3.8) is 0 Å². The minimum Gasteiger partial charge on any atom is -0.501 e. The molecule has 11 nitrogen and oxygen atoms in total. The highest BCUT2D eigenvalue weighted by molar-refractivity contribution is 6.04. The molecule has 0 fully saturated rings. The summed E-state index contributed by atoms with van der Waals surface area (Å²) < 4.78 is 22.5. The number of rotatable bonds is 7. The molecule has 0 aliphatic carbocycles. The topological polar surface area (TPSA) is 152 Å². The molecular formula is C25H24FN7O4. The first-order valence-corrected chi connectivity index (χ1v) is 11.4. The maximum Gasteiger partial charge on any atom is 0.296 e. The van der Waals surface area contributed by atoms with E-state index in [0.717, 1.165) is 4.57 Å². The van der Waals surface area contributed by atoms with Gasteiger partial charge in [0.25, 0.3) is 11.5 Å². The van der Waals surface area contributed by atoms with Gasteiger partial charge in [-0.3, -0.25) is 18.8 Å². The van der Waals surface area contributed by atoms with Gasteiger partial charge in [-0.05, 0) is 25.5 Å². The van der Waals surface area contributed by atoms with Crippen LogP contribution in [0.5, 0.6) is 5.75 Å². The quantitative estimate of drug-likeness (QED) is 0.387. The van der Waals surface area contributed by atoms with E-state index < -0.39 is 40.7 Å². The molecule has 0 aliphatic heterocycles. The molecule has 37 heavy (non-hydrogen) atoms. The number of carbonyl (C=O) groups excluding carboxylic acids is 1. The highest BCUT2D eigenvalue weighted by Crippen LogP contribution is 2.40. The summed E-state index contributed by atoms with van der Waals surface area (Å²) in [6, 6.07) is 8.73. The number of benzene rings is 1. The zero-order valence-corrected chi connectivity index (χ0v) is 20.5. The van der Waals surface area contributed by atoms with Gasteiger partial charge in [-0.25, -0.2) is 4.98 Å². The van der Waals surface area contributed by atoms with Crippen LogP contribution >= 0.6 is 0 Å². The first kappa shape index (κ1) is 25.3. The van der Waals surface area contributed by atoms with E-state index in [4.69, 9.17) is 0 Å². The van der Waals surface area contributed by atoms with Gasteiger partial charge in [0.05, 0.1) is 17.8 Å². The summed E-state index contributed by atoms with van der Waals surface area (Å²) in [5, 5.41) is 30.1. The van der Waals surface area contributed by atoms with Crippen molar-refractivity contribution in [3.05, 3.63) is 87.4 Å². The molecular weight excluding hydrogens is 481 g/mol. The first-order chi connectivity index (χ1) is 17.6. The van der Waals surface area contributed by atoms with Crippen LogP contribution < -0.4 is 10.9 Å². The summed E-state index contributed by atoms with van der Waals surface area (Å²) in [7, 11) is 1.39. The smallest absolute Gasteiger partial charge is 0.296 e. The maximum atomic E-state index is 15.3. The van der Waals surface area contributed by atoms with Gasteiger partial charge in [0, 0.05) is 36.7 Å². The van der Waals surface area contributed by atoms with Gasteiger partial charge in [-0.2, -0.15) is 9.65 Å². The minimum absolute atomic E-state index is 0.0905. The lowest BCUT2D eigenvalue weighted by atomic mass is 9.80. The Morgan fingerprint density at radius 3 is 2.59 bits per heavy atom. The van der Waals surface area contributed by atoms with Gasteiger partial charge in [0.1, 0.15) is 17.8 Å². The lowest BCUT2D eigenvalue weighted by molar-refractivity contribution is 0.101. The SMILES string of the molecule is CC(C)n1cc([C@H](c2ccccc2C#N)[C@@H](C)c2nc(C(=O)Nc3cnoc3)c(O)c(=O)n2C)c(F)n1. The summed E-state index contributed by atoms with van der Waals surface area (Å²) in [6.45, 7) is 5.40. The van der Waals surface area contributed by atoms with Crippen LogP contribution in [-0.4, -0.2) is 35.5 Å². The Morgan fingerprint density at radius 1 is 1.24 bits per heavy atom. The predicted octanol–water partition coefficient (Wildman–Crippen LogP) is 3.45. The number of nitriles is 1. The average Bonchev–Trinajstić information content (AvgIpc) is 3.53. The zero-order valence-electron chi connectivity index (χ0n) is 20.5. The molecule has 0 radical (unpaired) electrons. The predicted molar refractivity (Wildman–Crippen MR) is 130 cm³/mol. The highest BCUT2D eigenvalue weighted by atomic mass is 19.1. The zero-order chi connectivity index (χ0) is 26.9. The molecule has 12 heteroatoms. The third-order valence-electron chi connectivity index (χ3n) is 6.11. The molecule has 2 N–H and O–H groups in total. The van der Waals surface area contributed by atoms with Gasteiger partial charge in [0.15, 0.2) is 5.69 Å². The van der Waals surface area contributed by atoms with Crippen LogP contribution in [0.25, 0.3) is 0 Å². The van der Waals surface area contributed by atoms with Gasteiger partial charge in [-0.15, -0.1) is 5.10 Å². The number of nitrogens with one attached hydrogen (secondary N) is 1. The number of nitrogens with zero attached hydrogens (tertiary/aromatic N) is 6. The number of hydrogen-bond donors (Lipinski definition) is 2. The molecule has 0 aliphatic rings. The fourth-order valence-corrected chi connectivity index (χ4v) is 4.21. The van der Waals surface area contributed by atoms with Crippen LogP contribution in [0.4, 0.5) is 10.1 Å². The van der Waals surface area contributed by atoms with Crippen molar-refractivity contribution >= 4 is 11.6 Å². The lowest BCUT2D eigenvalue weighted by Gasteiger charge is -2.26. The number of amides is 1. The Morgan fingerprint density at radius 2 is 1.97 bits per heavy atom. The standard InChI is InChI=1S/C25H24FN7O4/c1-13(2)33-11-18(22(26)31-33)19(17-8-6-5-7-15(17)9-27)14(3)23-30-20(21(34)25(36)32(23)4)24(35)29-16-10-28-37-12-16/h5-8,10-14,19,34H,1-4H3,(H,29,35)/t14-,19+/m1/s1. The van der Waals surface area contributed by atoms with Crippen LogP contribution in [0.2, 0.25) is 0 Å². The number of aromatic nitrogens is 5. The summed E-state index contributed by atoms with van der Waals surface area (Å²) in [4.78, 5) is 30.1. The van der Waals surface area contributed by atoms with Crippen molar-refractivity contribution in [1.29, 1.82) is 5.26 Å². The molecule has 1 aromatic carbocycles. The molecule has 1 amide bonds. The first-order valence-electron chi connectivity index (χ1n) is 11.4. The van der Waals surface area contributed by atoms with Crippen LogP contribution in [0.3, 0.4) is 0 Å². The molecule has 4 rings (SSSR count). The molecule has 0 unspecified atom stereocenters. The van der Waals surface area contributed by atoms with Crippen LogP contribution in [0.15, 0.2) is 52.2 Å². The fourth-order valence-electron chi connectivity index (χ4n) is 4.21. The van der Waals surface area contributed by atoms with Crippen molar-refractivity contribution in [2.45, 2.75) is 38.6 Å². The van der Waals surface area contributed by atoms with Gasteiger partial charge in [0.2, 0.25) is 11.7 Å². The van der Waals surface area contributed by atoms with E-state index in [-0.39, 0.29) is 23.1 Å². The van der Waals surface area contributed by atoms with Crippen LogP contribution in [-0.2, 0) is 7.05 Å². The van der Waals surface area contributed by atoms with Crippen molar-refractivity contribution in [2.75, 3.05) is 5.32 Å². The molecule has 190 valence electrons. The number of halogens is 1. The number of hydrogen-bond acceptors (Lipinski definition) is 8. The molecule has 0 bridgehead atoms. The molecule has 0 saturated heterocycles. The van der Waals surface area contributed by atoms with E-state index in [0.29, 0.717) is 11.1 Å². The third-order valence-corrected chi connectivity index (χ3v) is 6.11. The average molecular weight is 506 g/mol. The molecule has 0 saturated carbocycles. The Kier molecular flexibility index (Phi) is 6.88. The highest BCUT2D eigenvalue weighted by Gasteiger charge is 2.33. The Balaban J connectivity index is 1.90. The van der Waals surface area contributed by atoms with Crippen molar-refractivity contribution in [1.82, 2.24) is 24.5 Å². The second kappa shape index (κ2) is 10.1. The van der Waals surface area contributed by atoms with Gasteiger partial charge < -0.3 is 14.9 Å². The van der Waals surface area contributed by atoms with Crippen LogP contribution in [0.1, 0.15) is 71.7 Å². The van der Waals surface area contributed by atoms with Gasteiger partial charge >= 0.3 is 0 Å². The molecule has 3 heterocycles. The second-order valence-corrected chi connectivity index (χ2v) is 8.81. The third kappa shape index (κ3) is 4.71. The van der Waals surface area contributed by atoms with Crippen molar-refractivity contribution in [2.24, 2.45) is 7.05 Å². The van der Waals surface area contributed by atoms with E-state index in [1.165, 1.54) is 24.2 Å². The summed E-state index contributed by atoms with van der Waals surface area (Å²) in [5.41, 5.74) is -0.176. The second-order valence-electron chi connectivity index (χ2n) is 8.81. The Labute approximate surface area is 210 Å². The maximum absolute atomic E-state index is 15.3. The van der Waals surface area contributed by atoms with Gasteiger partial charge in [-0.1, -0.05) is 30.3 Å². The Hall–Kier alpha value is -4.79. The van der Waals surface area contributed by atoms with Crippen molar-refractivity contribution in [3.8, 4) is 11.8 Å². The summed E-state index contributed by atoms with van der Waals surface area (Å²) in [6.07, 6.45) is 3.97. The molecule has 3 aromatic heterocycles. The minimum atomic E-state index is -0.863. The van der Waals surface area contributed by atoms with Crippen LogP contribution in [0, 0.1) is 17.3 Å². The number of anilines is 1. The van der Waals surface area contributed by atoms with E-state index in [2.05, 4.69) is 31.1 Å². The molecule has 4 aromatic rings. The van der Waals surface area contributed by atoms with E-state index in [1.54, 1.807) is 37.4 Å². The van der Waals surface area contributed by atoms with E-state index >= 15 is 4.39 Å². The Bertz CT molecular complexity index is 1550. The largest absolute Gasteiger partial charge is 0.501 e. The van der Waals surface area contributed by atoms with Crippen molar-refractivity contribution < 1.29 is 18.8 Å². The molecule has 0 spiro atoms. The lowest BCUT2D eigenvalue weighted by Crippen LogP contribution is -2.29.